The zero-order valence-electron chi connectivity index (χ0n) is 15.2. The van der Waals surface area contributed by atoms with Crippen molar-refractivity contribution >= 4 is 32.5 Å². The van der Waals surface area contributed by atoms with Gasteiger partial charge in [-0.25, -0.2) is 12.8 Å². The monoisotopic (exact) mass is 405 g/mol. The van der Waals surface area contributed by atoms with Gasteiger partial charge < -0.3 is 14.5 Å². The molecule has 28 heavy (non-hydrogen) atoms. The lowest BCUT2D eigenvalue weighted by molar-refractivity contribution is -0.114. The van der Waals surface area contributed by atoms with E-state index in [0.717, 1.165) is 33.4 Å². The number of nitrogens with zero attached hydrogens (tertiary/aromatic N) is 2. The number of aromatic nitrogens is 2. The standard InChI is InChI=1S/C18H16FN3O5S/c1-10(23)20-13-8-14-15(22(3)18(25)17(24)21(14)2)9-16(13)28(26,27)12-6-4-11(19)5-7-12/h4-9H,1-3H3,(H,20,23). The molecule has 8 nitrogen and oxygen atoms in total. The van der Waals surface area contributed by atoms with Gasteiger partial charge in [-0.3, -0.25) is 14.4 Å². The number of nitrogens with one attached hydrogen (secondary N) is 1. The van der Waals surface area contributed by atoms with E-state index in [-0.39, 0.29) is 26.5 Å². The molecule has 0 spiro atoms. The molecule has 0 bridgehead atoms. The molecule has 1 amide bonds. The fourth-order valence-electron chi connectivity index (χ4n) is 2.85. The Bertz CT molecular complexity index is 1340. The molecule has 0 aliphatic carbocycles. The highest BCUT2D eigenvalue weighted by Gasteiger charge is 2.24. The maximum absolute atomic E-state index is 13.2. The predicted octanol–water partition coefficient (Wildman–Crippen LogP) is 1.17. The van der Waals surface area contributed by atoms with E-state index in [0.29, 0.717) is 0 Å². The number of carbonyl (C=O) groups excluding carboxylic acids is 1. The zero-order valence-corrected chi connectivity index (χ0v) is 16.0. The number of hydrogen-bond donors (Lipinski definition) is 1. The van der Waals surface area contributed by atoms with Crippen LogP contribution in [0.3, 0.4) is 0 Å². The summed E-state index contributed by atoms with van der Waals surface area (Å²) in [5, 5.41) is 2.44. The summed E-state index contributed by atoms with van der Waals surface area (Å²) in [5.41, 5.74) is -1.24. The highest BCUT2D eigenvalue weighted by Crippen LogP contribution is 2.31. The lowest BCUT2D eigenvalue weighted by Crippen LogP contribution is -2.39. The summed E-state index contributed by atoms with van der Waals surface area (Å²) in [5.74, 6) is -1.12. The second kappa shape index (κ2) is 6.71. The van der Waals surface area contributed by atoms with Crippen LogP contribution < -0.4 is 16.4 Å². The zero-order chi connectivity index (χ0) is 20.8. The number of aryl methyl sites for hydroxylation is 2. The van der Waals surface area contributed by atoms with Crippen LogP contribution in [0.15, 0.2) is 55.8 Å². The lowest BCUT2D eigenvalue weighted by atomic mass is 10.2. The van der Waals surface area contributed by atoms with E-state index >= 15 is 0 Å². The number of hydrogen-bond acceptors (Lipinski definition) is 5. The molecule has 0 atom stereocenters. The van der Waals surface area contributed by atoms with E-state index in [4.69, 9.17) is 0 Å². The van der Waals surface area contributed by atoms with Crippen LogP contribution in [-0.2, 0) is 28.7 Å². The van der Waals surface area contributed by atoms with E-state index in [1.54, 1.807) is 0 Å². The van der Waals surface area contributed by atoms with Crippen LogP contribution in [-0.4, -0.2) is 23.5 Å². The molecule has 2 aromatic carbocycles. The molecule has 0 radical (unpaired) electrons. The normalized spacial score (nSPS) is 11.6. The van der Waals surface area contributed by atoms with Crippen LogP contribution in [0.5, 0.6) is 0 Å². The number of halogens is 1. The minimum Gasteiger partial charge on any atom is -0.325 e. The Morgan fingerprint density at radius 1 is 0.964 bits per heavy atom. The van der Waals surface area contributed by atoms with Crippen molar-refractivity contribution in [3.8, 4) is 0 Å². The van der Waals surface area contributed by atoms with Gasteiger partial charge >= 0.3 is 11.1 Å². The number of amides is 1. The Kier molecular flexibility index (Phi) is 4.67. The fraction of sp³-hybridized carbons (Fsp3) is 0.167. The molecule has 1 aromatic heterocycles. The quantitative estimate of drug-likeness (QED) is 0.520. The van der Waals surface area contributed by atoms with Crippen molar-refractivity contribution in [2.75, 3.05) is 5.32 Å². The van der Waals surface area contributed by atoms with Gasteiger partial charge in [0, 0.05) is 21.0 Å². The van der Waals surface area contributed by atoms with E-state index in [9.17, 15) is 27.2 Å². The Morgan fingerprint density at radius 3 is 1.96 bits per heavy atom. The van der Waals surface area contributed by atoms with Crippen molar-refractivity contribution in [2.24, 2.45) is 14.1 Å². The number of sulfone groups is 1. The maximum Gasteiger partial charge on any atom is 0.316 e. The molecule has 0 aliphatic rings. The largest absolute Gasteiger partial charge is 0.325 e. The van der Waals surface area contributed by atoms with Crippen LogP contribution >= 0.6 is 0 Å². The lowest BCUT2D eigenvalue weighted by Gasteiger charge is -2.16. The summed E-state index contributed by atoms with van der Waals surface area (Å²) in [6.45, 7) is 1.21. The average molecular weight is 405 g/mol. The summed E-state index contributed by atoms with van der Waals surface area (Å²) in [6, 6.07) is 6.74. The van der Waals surface area contributed by atoms with E-state index in [2.05, 4.69) is 5.32 Å². The molecule has 3 aromatic rings. The van der Waals surface area contributed by atoms with Crippen molar-refractivity contribution < 1.29 is 17.6 Å². The summed E-state index contributed by atoms with van der Waals surface area (Å²) in [4.78, 5) is 35.3. The first-order chi connectivity index (χ1) is 13.0. The van der Waals surface area contributed by atoms with E-state index in [1.807, 2.05) is 0 Å². The highest BCUT2D eigenvalue weighted by atomic mass is 32.2. The van der Waals surface area contributed by atoms with Gasteiger partial charge in [-0.2, -0.15) is 0 Å². The third-order valence-electron chi connectivity index (χ3n) is 4.32. The SMILES string of the molecule is CC(=O)Nc1cc2c(cc1S(=O)(=O)c1ccc(F)cc1)n(C)c(=O)c(=O)n2C. The van der Waals surface area contributed by atoms with Crippen LogP contribution in [0.1, 0.15) is 6.92 Å². The number of carbonyl (C=O) groups is 1. The maximum atomic E-state index is 13.2. The third kappa shape index (κ3) is 3.11. The van der Waals surface area contributed by atoms with Crippen molar-refractivity contribution in [3.63, 3.8) is 0 Å². The molecular weight excluding hydrogens is 389 g/mol. The molecular formula is C18H16FN3O5S. The van der Waals surface area contributed by atoms with Crippen molar-refractivity contribution in [1.82, 2.24) is 9.13 Å². The second-order valence-electron chi connectivity index (χ2n) is 6.20. The van der Waals surface area contributed by atoms with Crippen LogP contribution in [0.4, 0.5) is 10.1 Å². The summed E-state index contributed by atoms with van der Waals surface area (Å²) >= 11 is 0. The Morgan fingerprint density at radius 2 is 1.46 bits per heavy atom. The molecule has 0 aliphatic heterocycles. The number of rotatable bonds is 3. The molecule has 0 saturated heterocycles. The number of anilines is 1. The molecule has 3 rings (SSSR count). The first-order valence-electron chi connectivity index (χ1n) is 8.06. The minimum absolute atomic E-state index is 0.0574. The Hall–Kier alpha value is -3.27. The van der Waals surface area contributed by atoms with Crippen molar-refractivity contribution in [1.29, 1.82) is 0 Å². The van der Waals surface area contributed by atoms with Crippen molar-refractivity contribution in [2.45, 2.75) is 16.7 Å². The van der Waals surface area contributed by atoms with Gasteiger partial charge in [-0.1, -0.05) is 0 Å². The van der Waals surface area contributed by atoms with Gasteiger partial charge in [0.05, 0.1) is 26.5 Å². The molecule has 1 N–H and O–H groups in total. The van der Waals surface area contributed by atoms with Crippen LogP contribution in [0.25, 0.3) is 11.0 Å². The van der Waals surface area contributed by atoms with Crippen molar-refractivity contribution in [3.05, 3.63) is 62.9 Å². The van der Waals surface area contributed by atoms with Gasteiger partial charge in [0.2, 0.25) is 15.7 Å². The predicted molar refractivity (Wildman–Crippen MR) is 101 cm³/mol. The first kappa shape index (κ1) is 19.5. The summed E-state index contributed by atoms with van der Waals surface area (Å²) in [7, 11) is -1.44. The third-order valence-corrected chi connectivity index (χ3v) is 6.13. The fourth-order valence-corrected chi connectivity index (χ4v) is 4.27. The van der Waals surface area contributed by atoms with Gasteiger partial charge in [-0.15, -0.1) is 0 Å². The Labute approximate surface area is 158 Å². The average Bonchev–Trinajstić information content (AvgIpc) is 2.64. The van der Waals surface area contributed by atoms with Crippen LogP contribution in [0, 0.1) is 5.82 Å². The molecule has 0 fully saturated rings. The first-order valence-corrected chi connectivity index (χ1v) is 9.54. The Balaban J connectivity index is 2.43. The summed E-state index contributed by atoms with van der Waals surface area (Å²) < 4.78 is 41.5. The van der Waals surface area contributed by atoms with E-state index < -0.39 is 32.7 Å². The molecule has 10 heteroatoms. The topological polar surface area (TPSA) is 107 Å². The van der Waals surface area contributed by atoms with E-state index in [1.165, 1.54) is 33.2 Å². The molecule has 1 heterocycles. The van der Waals surface area contributed by atoms with Crippen LogP contribution in [0.2, 0.25) is 0 Å². The van der Waals surface area contributed by atoms with Gasteiger partial charge in [0.15, 0.2) is 0 Å². The second-order valence-corrected chi connectivity index (χ2v) is 8.12. The number of benzene rings is 2. The number of fused-ring (bicyclic) bond motifs is 1. The van der Waals surface area contributed by atoms with Gasteiger partial charge in [0.1, 0.15) is 5.82 Å². The molecule has 0 unspecified atom stereocenters. The minimum atomic E-state index is -4.16. The van der Waals surface area contributed by atoms with Gasteiger partial charge in [-0.05, 0) is 36.4 Å². The molecule has 146 valence electrons. The summed E-state index contributed by atoms with van der Waals surface area (Å²) in [6.07, 6.45) is 0. The molecule has 0 saturated carbocycles. The smallest absolute Gasteiger partial charge is 0.316 e. The highest BCUT2D eigenvalue weighted by molar-refractivity contribution is 7.91. The van der Waals surface area contributed by atoms with Gasteiger partial charge in [0.25, 0.3) is 0 Å².